The Balaban J connectivity index is 1.79. The molecule has 1 fully saturated rings. The summed E-state index contributed by atoms with van der Waals surface area (Å²) in [6.07, 6.45) is 3.32. The molecule has 0 aromatic heterocycles. The molecule has 0 radical (unpaired) electrons. The van der Waals surface area contributed by atoms with Crippen molar-refractivity contribution < 1.29 is 14.3 Å². The van der Waals surface area contributed by atoms with E-state index in [1.807, 2.05) is 27.8 Å². The zero-order valence-electron chi connectivity index (χ0n) is 17.3. The molecule has 6 heteroatoms. The van der Waals surface area contributed by atoms with Gasteiger partial charge in [0.05, 0.1) is 12.8 Å². The van der Waals surface area contributed by atoms with E-state index in [-0.39, 0.29) is 6.09 Å². The lowest BCUT2D eigenvalue weighted by molar-refractivity contribution is 0.0242. The molecule has 6 nitrogen and oxygen atoms in total. The molecule has 0 atom stereocenters. The maximum atomic E-state index is 12.5. The van der Waals surface area contributed by atoms with Crippen molar-refractivity contribution in [3.63, 3.8) is 0 Å². The number of carbonyl (C=O) groups excluding carboxylic acids is 1. The molecule has 0 saturated heterocycles. The van der Waals surface area contributed by atoms with Crippen molar-refractivity contribution in [2.24, 2.45) is 0 Å². The van der Waals surface area contributed by atoms with Crippen LogP contribution in [0, 0.1) is 0 Å². The number of benzene rings is 1. The van der Waals surface area contributed by atoms with Crippen LogP contribution in [0.3, 0.4) is 0 Å². The van der Waals surface area contributed by atoms with Crippen molar-refractivity contribution in [3.8, 4) is 5.75 Å². The molecule has 0 bridgehead atoms. The first kappa shape index (κ1) is 19.8. The minimum absolute atomic E-state index is 0.257. The second kappa shape index (κ2) is 7.97. The number of nitrogens with zero attached hydrogens (tertiary/aromatic N) is 2. The molecule has 1 N–H and O–H groups in total. The Bertz CT molecular complexity index is 680. The van der Waals surface area contributed by atoms with E-state index in [1.165, 1.54) is 18.4 Å². The van der Waals surface area contributed by atoms with Gasteiger partial charge in [0.2, 0.25) is 0 Å². The lowest BCUT2D eigenvalue weighted by Crippen LogP contribution is -2.33. The predicted octanol–water partition coefficient (Wildman–Crippen LogP) is 3.52. The Kier molecular flexibility index (Phi) is 5.84. The summed E-state index contributed by atoms with van der Waals surface area (Å²) in [5, 5.41) is 3.22. The average molecular weight is 376 g/mol. The minimum atomic E-state index is -0.481. The molecule has 27 heavy (non-hydrogen) atoms. The van der Waals surface area contributed by atoms with Gasteiger partial charge in [-0.3, -0.25) is 4.90 Å². The van der Waals surface area contributed by atoms with E-state index in [2.05, 4.69) is 22.3 Å². The third-order valence-electron chi connectivity index (χ3n) is 5.00. The molecule has 1 aliphatic heterocycles. The van der Waals surface area contributed by atoms with Crippen LogP contribution in [0.25, 0.3) is 0 Å². The van der Waals surface area contributed by atoms with Gasteiger partial charge < -0.3 is 19.7 Å². The van der Waals surface area contributed by atoms with Crippen LogP contribution < -0.4 is 15.0 Å². The molecule has 0 unspecified atom stereocenters. The molecular formula is C21H33N3O3. The van der Waals surface area contributed by atoms with Gasteiger partial charge in [0.25, 0.3) is 0 Å². The Morgan fingerprint density at radius 2 is 1.93 bits per heavy atom. The first-order valence-electron chi connectivity index (χ1n) is 9.91. The van der Waals surface area contributed by atoms with Crippen molar-refractivity contribution in [1.82, 2.24) is 10.2 Å². The number of rotatable bonds is 7. The van der Waals surface area contributed by atoms with Crippen molar-refractivity contribution in [2.45, 2.75) is 64.8 Å². The number of ether oxygens (including phenoxy) is 2. The van der Waals surface area contributed by atoms with Gasteiger partial charge in [-0.2, -0.15) is 0 Å². The summed E-state index contributed by atoms with van der Waals surface area (Å²) < 4.78 is 11.3. The third kappa shape index (κ3) is 4.86. The van der Waals surface area contributed by atoms with Gasteiger partial charge in [0.1, 0.15) is 11.4 Å². The minimum Gasteiger partial charge on any atom is -0.495 e. The number of carbonyl (C=O) groups is 1. The van der Waals surface area contributed by atoms with Crippen molar-refractivity contribution >= 4 is 11.8 Å². The monoisotopic (exact) mass is 375 g/mol. The molecule has 1 aromatic rings. The van der Waals surface area contributed by atoms with E-state index < -0.39 is 5.60 Å². The van der Waals surface area contributed by atoms with Crippen LogP contribution in [0.5, 0.6) is 5.75 Å². The zero-order valence-corrected chi connectivity index (χ0v) is 17.3. The number of hydrogen-bond donors (Lipinski definition) is 1. The van der Waals surface area contributed by atoms with E-state index >= 15 is 0 Å². The van der Waals surface area contributed by atoms with Crippen LogP contribution in [0.2, 0.25) is 0 Å². The fraction of sp³-hybridized carbons (Fsp3) is 0.667. The molecule has 1 saturated carbocycles. The van der Waals surface area contributed by atoms with Gasteiger partial charge in [-0.15, -0.1) is 0 Å². The van der Waals surface area contributed by atoms with Gasteiger partial charge in [0.15, 0.2) is 0 Å². The van der Waals surface area contributed by atoms with Gasteiger partial charge in [-0.1, -0.05) is 0 Å². The first-order chi connectivity index (χ1) is 12.8. The van der Waals surface area contributed by atoms with E-state index in [0.29, 0.717) is 19.1 Å². The fourth-order valence-electron chi connectivity index (χ4n) is 3.57. The highest BCUT2D eigenvalue weighted by Gasteiger charge is 2.33. The largest absolute Gasteiger partial charge is 0.495 e. The van der Waals surface area contributed by atoms with E-state index in [4.69, 9.17) is 9.47 Å². The van der Waals surface area contributed by atoms with E-state index in [1.54, 1.807) is 12.0 Å². The summed E-state index contributed by atoms with van der Waals surface area (Å²) in [6, 6.07) is 4.93. The SMILES string of the molecule is CNCCCN(c1cc2c(cc1OC)CN(C(=O)OC(C)(C)C)C2)C1CC1. The summed E-state index contributed by atoms with van der Waals surface area (Å²) in [6.45, 7) is 8.87. The number of hydrogen-bond acceptors (Lipinski definition) is 5. The molecule has 3 rings (SSSR count). The highest BCUT2D eigenvalue weighted by atomic mass is 16.6. The van der Waals surface area contributed by atoms with Crippen LogP contribution >= 0.6 is 0 Å². The average Bonchev–Trinajstić information content (AvgIpc) is 3.34. The molecule has 1 amide bonds. The highest BCUT2D eigenvalue weighted by molar-refractivity contribution is 5.71. The molecule has 1 heterocycles. The van der Waals surface area contributed by atoms with Crippen LogP contribution in [-0.4, -0.2) is 49.9 Å². The molecule has 1 aliphatic carbocycles. The van der Waals surface area contributed by atoms with E-state index in [9.17, 15) is 4.79 Å². The standard InChI is InChI=1S/C21H33N3O3/c1-21(2,3)27-20(25)23-13-15-11-18(19(26-5)12-16(15)14-23)24(17-7-8-17)10-6-9-22-4/h11-12,17,22H,6-10,13-14H2,1-5H3. The Morgan fingerprint density at radius 1 is 1.26 bits per heavy atom. The van der Waals surface area contributed by atoms with Gasteiger partial charge in [0, 0.05) is 25.7 Å². The second-order valence-electron chi connectivity index (χ2n) is 8.51. The number of methoxy groups -OCH3 is 1. The fourth-order valence-corrected chi connectivity index (χ4v) is 3.57. The second-order valence-corrected chi connectivity index (χ2v) is 8.51. The van der Waals surface area contributed by atoms with Crippen LogP contribution in [0.4, 0.5) is 10.5 Å². The van der Waals surface area contributed by atoms with Crippen LogP contribution in [0.1, 0.15) is 51.2 Å². The lowest BCUT2D eigenvalue weighted by Gasteiger charge is -2.27. The molecule has 1 aromatic carbocycles. The van der Waals surface area contributed by atoms with E-state index in [0.717, 1.165) is 36.5 Å². The van der Waals surface area contributed by atoms with Crippen LogP contribution in [-0.2, 0) is 17.8 Å². The Hall–Kier alpha value is -1.95. The van der Waals surface area contributed by atoms with Crippen molar-refractivity contribution in [3.05, 3.63) is 23.3 Å². The Labute approximate surface area is 162 Å². The number of fused-ring (bicyclic) bond motifs is 1. The maximum Gasteiger partial charge on any atom is 0.410 e. The number of amides is 1. The maximum absolute atomic E-state index is 12.5. The van der Waals surface area contributed by atoms with Gasteiger partial charge >= 0.3 is 6.09 Å². The summed E-state index contributed by atoms with van der Waals surface area (Å²) >= 11 is 0. The summed E-state index contributed by atoms with van der Waals surface area (Å²) in [5.74, 6) is 0.899. The quantitative estimate of drug-likeness (QED) is 0.739. The number of nitrogens with one attached hydrogen (secondary N) is 1. The van der Waals surface area contributed by atoms with Gasteiger partial charge in [-0.25, -0.2) is 4.79 Å². The highest BCUT2D eigenvalue weighted by Crippen LogP contribution is 2.41. The zero-order chi connectivity index (χ0) is 19.6. The van der Waals surface area contributed by atoms with Crippen molar-refractivity contribution in [1.29, 1.82) is 0 Å². The van der Waals surface area contributed by atoms with Crippen molar-refractivity contribution in [2.75, 3.05) is 32.1 Å². The third-order valence-corrected chi connectivity index (χ3v) is 5.00. The lowest BCUT2D eigenvalue weighted by atomic mass is 10.1. The topological polar surface area (TPSA) is 54.0 Å². The molecule has 150 valence electrons. The normalized spacial score (nSPS) is 16.3. The van der Waals surface area contributed by atoms with Crippen LogP contribution in [0.15, 0.2) is 12.1 Å². The molecule has 0 spiro atoms. The Morgan fingerprint density at radius 3 is 2.48 bits per heavy atom. The van der Waals surface area contributed by atoms with Gasteiger partial charge in [-0.05, 0) is 76.9 Å². The summed E-state index contributed by atoms with van der Waals surface area (Å²) in [4.78, 5) is 16.7. The first-order valence-corrected chi connectivity index (χ1v) is 9.91. The summed E-state index contributed by atoms with van der Waals surface area (Å²) in [7, 11) is 3.72. The molecular weight excluding hydrogens is 342 g/mol. The summed E-state index contributed by atoms with van der Waals surface area (Å²) in [5.41, 5.74) is 3.01. The smallest absolute Gasteiger partial charge is 0.410 e. The number of anilines is 1. The predicted molar refractivity (Wildman–Crippen MR) is 107 cm³/mol. The molecule has 2 aliphatic rings.